The van der Waals surface area contributed by atoms with E-state index < -0.39 is 0 Å². The molecule has 0 spiro atoms. The number of benzene rings is 1. The van der Waals surface area contributed by atoms with Gasteiger partial charge in [0.25, 0.3) is 0 Å². The molecule has 0 aliphatic carbocycles. The van der Waals surface area contributed by atoms with E-state index >= 15 is 0 Å². The van der Waals surface area contributed by atoms with Crippen LogP contribution in [0.1, 0.15) is 11.3 Å². The zero-order chi connectivity index (χ0) is 14.7. The standard InChI is InChI=1S/C14H10Br2N2O2/c1-8-3-4-9(7-17)14(18-8)20-13-6-10(15)12(19-2)5-11(13)16/h3-6H,1-2H3. The predicted octanol–water partition coefficient (Wildman–Crippen LogP) is 4.59. The highest BCUT2D eigenvalue weighted by Gasteiger charge is 2.12. The third-order valence-electron chi connectivity index (χ3n) is 2.53. The molecule has 4 nitrogen and oxygen atoms in total. The second kappa shape index (κ2) is 6.25. The van der Waals surface area contributed by atoms with E-state index in [2.05, 4.69) is 42.9 Å². The number of nitriles is 1. The quantitative estimate of drug-likeness (QED) is 0.760. The van der Waals surface area contributed by atoms with E-state index in [1.807, 2.05) is 6.92 Å². The molecule has 0 N–H and O–H groups in total. The minimum Gasteiger partial charge on any atom is -0.496 e. The van der Waals surface area contributed by atoms with Gasteiger partial charge in [-0.15, -0.1) is 0 Å². The number of methoxy groups -OCH3 is 1. The van der Waals surface area contributed by atoms with E-state index in [0.29, 0.717) is 21.5 Å². The summed E-state index contributed by atoms with van der Waals surface area (Å²) in [5.74, 6) is 1.51. The summed E-state index contributed by atoms with van der Waals surface area (Å²) in [7, 11) is 1.59. The summed E-state index contributed by atoms with van der Waals surface area (Å²) in [4.78, 5) is 4.24. The van der Waals surface area contributed by atoms with E-state index in [-0.39, 0.29) is 5.88 Å². The SMILES string of the molecule is COc1cc(Br)c(Oc2nc(C)ccc2C#N)cc1Br. The minimum absolute atomic E-state index is 0.283. The highest BCUT2D eigenvalue weighted by Crippen LogP contribution is 2.38. The molecule has 1 aromatic carbocycles. The van der Waals surface area contributed by atoms with Crippen molar-refractivity contribution < 1.29 is 9.47 Å². The molecular formula is C14H10Br2N2O2. The first-order valence-electron chi connectivity index (χ1n) is 5.63. The van der Waals surface area contributed by atoms with Gasteiger partial charge in [-0.25, -0.2) is 4.98 Å². The van der Waals surface area contributed by atoms with Gasteiger partial charge in [0.2, 0.25) is 5.88 Å². The Bertz CT molecular complexity index is 696. The van der Waals surface area contributed by atoms with Gasteiger partial charge in [0.15, 0.2) is 0 Å². The highest BCUT2D eigenvalue weighted by atomic mass is 79.9. The van der Waals surface area contributed by atoms with Crippen LogP contribution in [0.4, 0.5) is 0 Å². The molecule has 0 saturated carbocycles. The van der Waals surface area contributed by atoms with Crippen LogP contribution in [0, 0.1) is 18.3 Å². The van der Waals surface area contributed by atoms with Crippen LogP contribution in [-0.4, -0.2) is 12.1 Å². The van der Waals surface area contributed by atoms with Crippen molar-refractivity contribution in [3.63, 3.8) is 0 Å². The number of pyridine rings is 1. The van der Waals surface area contributed by atoms with Gasteiger partial charge < -0.3 is 9.47 Å². The van der Waals surface area contributed by atoms with Gasteiger partial charge in [0.05, 0.1) is 16.1 Å². The molecule has 6 heteroatoms. The number of hydrogen-bond acceptors (Lipinski definition) is 4. The number of nitrogens with zero attached hydrogens (tertiary/aromatic N) is 2. The van der Waals surface area contributed by atoms with Crippen LogP contribution >= 0.6 is 31.9 Å². The lowest BCUT2D eigenvalue weighted by Gasteiger charge is -2.11. The average molecular weight is 398 g/mol. The minimum atomic E-state index is 0.283. The Hall–Kier alpha value is -1.58. The molecule has 2 rings (SSSR count). The summed E-state index contributed by atoms with van der Waals surface area (Å²) < 4.78 is 12.4. The van der Waals surface area contributed by atoms with Crippen molar-refractivity contribution in [3.8, 4) is 23.4 Å². The van der Waals surface area contributed by atoms with Crippen molar-refractivity contribution >= 4 is 31.9 Å². The fourth-order valence-corrected chi connectivity index (χ4v) is 2.43. The van der Waals surface area contributed by atoms with Crippen LogP contribution in [0.25, 0.3) is 0 Å². The van der Waals surface area contributed by atoms with Crippen LogP contribution in [0.3, 0.4) is 0 Å². The van der Waals surface area contributed by atoms with Crippen LogP contribution in [0.5, 0.6) is 17.4 Å². The monoisotopic (exact) mass is 396 g/mol. The lowest BCUT2D eigenvalue weighted by atomic mass is 10.2. The van der Waals surface area contributed by atoms with Crippen LogP contribution < -0.4 is 9.47 Å². The van der Waals surface area contributed by atoms with Gasteiger partial charge in [0.1, 0.15) is 23.1 Å². The fourth-order valence-electron chi connectivity index (χ4n) is 1.54. The van der Waals surface area contributed by atoms with Crippen molar-refractivity contribution in [2.45, 2.75) is 6.92 Å². The first-order valence-corrected chi connectivity index (χ1v) is 7.22. The topological polar surface area (TPSA) is 55.1 Å². The lowest BCUT2D eigenvalue weighted by Crippen LogP contribution is -1.95. The summed E-state index contributed by atoms with van der Waals surface area (Å²) in [5, 5.41) is 9.08. The maximum Gasteiger partial charge on any atom is 0.237 e. The normalized spacial score (nSPS) is 9.95. The van der Waals surface area contributed by atoms with Crippen molar-refractivity contribution in [1.82, 2.24) is 4.98 Å². The Morgan fingerprint density at radius 1 is 1.15 bits per heavy atom. The number of hydrogen-bond donors (Lipinski definition) is 0. The van der Waals surface area contributed by atoms with Gasteiger partial charge in [-0.1, -0.05) is 0 Å². The number of halogens is 2. The zero-order valence-corrected chi connectivity index (χ0v) is 13.9. The van der Waals surface area contributed by atoms with Gasteiger partial charge in [-0.2, -0.15) is 5.26 Å². The van der Waals surface area contributed by atoms with E-state index in [1.165, 1.54) is 0 Å². The molecule has 1 aromatic heterocycles. The van der Waals surface area contributed by atoms with Gasteiger partial charge >= 0.3 is 0 Å². The maximum absolute atomic E-state index is 9.08. The number of aromatic nitrogens is 1. The molecule has 1 heterocycles. The molecule has 0 unspecified atom stereocenters. The smallest absolute Gasteiger partial charge is 0.237 e. The molecule has 20 heavy (non-hydrogen) atoms. The first kappa shape index (κ1) is 14.8. The Kier molecular flexibility index (Phi) is 4.63. The van der Waals surface area contributed by atoms with Crippen molar-refractivity contribution in [2.24, 2.45) is 0 Å². The second-order valence-electron chi connectivity index (χ2n) is 3.94. The molecule has 0 aliphatic heterocycles. The third-order valence-corrected chi connectivity index (χ3v) is 3.77. The van der Waals surface area contributed by atoms with E-state index in [1.54, 1.807) is 31.4 Å². The molecule has 0 amide bonds. The number of rotatable bonds is 3. The third kappa shape index (κ3) is 3.11. The fraction of sp³-hybridized carbons (Fsp3) is 0.143. The average Bonchev–Trinajstić information content (AvgIpc) is 2.42. The van der Waals surface area contributed by atoms with Crippen molar-refractivity contribution in [1.29, 1.82) is 5.26 Å². The molecule has 0 fully saturated rings. The molecule has 102 valence electrons. The highest BCUT2D eigenvalue weighted by molar-refractivity contribution is 9.11. The van der Waals surface area contributed by atoms with Crippen LogP contribution in [0.2, 0.25) is 0 Å². The van der Waals surface area contributed by atoms with E-state index in [4.69, 9.17) is 14.7 Å². The number of ether oxygens (including phenoxy) is 2. The van der Waals surface area contributed by atoms with E-state index in [9.17, 15) is 0 Å². The Morgan fingerprint density at radius 2 is 1.80 bits per heavy atom. The van der Waals surface area contributed by atoms with Gasteiger partial charge in [-0.05, 0) is 63.0 Å². The number of aryl methyl sites for hydroxylation is 1. The maximum atomic E-state index is 9.08. The molecule has 2 aromatic rings. The van der Waals surface area contributed by atoms with Crippen LogP contribution in [-0.2, 0) is 0 Å². The van der Waals surface area contributed by atoms with E-state index in [0.717, 1.165) is 10.2 Å². The Balaban J connectivity index is 2.43. The summed E-state index contributed by atoms with van der Waals surface area (Å²) in [6, 6.07) is 9.05. The molecule has 0 saturated heterocycles. The summed E-state index contributed by atoms with van der Waals surface area (Å²) in [5.41, 5.74) is 1.16. The lowest BCUT2D eigenvalue weighted by molar-refractivity contribution is 0.408. The van der Waals surface area contributed by atoms with Gasteiger partial charge in [-0.3, -0.25) is 0 Å². The molecule has 0 radical (unpaired) electrons. The predicted molar refractivity (Wildman–Crippen MR) is 82.2 cm³/mol. The summed E-state index contributed by atoms with van der Waals surface area (Å²) >= 11 is 6.80. The Labute approximate surface area is 133 Å². The molecule has 0 bridgehead atoms. The largest absolute Gasteiger partial charge is 0.496 e. The second-order valence-corrected chi connectivity index (χ2v) is 5.65. The first-order chi connectivity index (χ1) is 9.55. The van der Waals surface area contributed by atoms with Crippen molar-refractivity contribution in [3.05, 3.63) is 44.5 Å². The Morgan fingerprint density at radius 3 is 2.45 bits per heavy atom. The molecule has 0 aliphatic rings. The molecule has 0 atom stereocenters. The summed E-state index contributed by atoms with van der Waals surface area (Å²) in [6.45, 7) is 1.84. The van der Waals surface area contributed by atoms with Gasteiger partial charge in [0, 0.05) is 5.69 Å². The molecular weight excluding hydrogens is 388 g/mol. The van der Waals surface area contributed by atoms with Crippen LogP contribution in [0.15, 0.2) is 33.2 Å². The zero-order valence-electron chi connectivity index (χ0n) is 10.8. The summed E-state index contributed by atoms with van der Waals surface area (Å²) in [6.07, 6.45) is 0. The van der Waals surface area contributed by atoms with Crippen molar-refractivity contribution in [2.75, 3.05) is 7.11 Å².